The molecule has 0 saturated heterocycles. The van der Waals surface area contributed by atoms with Crippen molar-refractivity contribution in [3.8, 4) is 0 Å². The molecule has 0 aliphatic heterocycles. The van der Waals surface area contributed by atoms with Crippen molar-refractivity contribution in [3.05, 3.63) is 62.1 Å². The van der Waals surface area contributed by atoms with E-state index in [1.54, 1.807) is 18.2 Å². The van der Waals surface area contributed by atoms with Crippen molar-refractivity contribution in [2.45, 2.75) is 19.4 Å². The van der Waals surface area contributed by atoms with Gasteiger partial charge in [0.05, 0.1) is 16.6 Å². The van der Waals surface area contributed by atoms with Crippen molar-refractivity contribution in [1.82, 2.24) is 5.32 Å². The van der Waals surface area contributed by atoms with Crippen molar-refractivity contribution in [1.29, 1.82) is 0 Å². The van der Waals surface area contributed by atoms with Gasteiger partial charge in [0.25, 0.3) is 0 Å². The quantitative estimate of drug-likeness (QED) is 0.622. The van der Waals surface area contributed by atoms with Crippen molar-refractivity contribution in [2.75, 3.05) is 6.54 Å². The maximum Gasteiger partial charge on any atom is 0.433 e. The zero-order chi connectivity index (χ0) is 15.4. The van der Waals surface area contributed by atoms with E-state index in [1.165, 1.54) is 12.1 Å². The molecule has 1 atom stereocenters. The van der Waals surface area contributed by atoms with Crippen LogP contribution in [0.3, 0.4) is 0 Å². The third-order valence-electron chi connectivity index (χ3n) is 2.95. The molecule has 2 rings (SSSR count). The fourth-order valence-corrected chi connectivity index (χ4v) is 2.36. The van der Waals surface area contributed by atoms with Gasteiger partial charge in [0.15, 0.2) is 0 Å². The summed E-state index contributed by atoms with van der Waals surface area (Å²) in [5, 5.41) is 14.0. The molecule has 0 radical (unpaired) electrons. The summed E-state index contributed by atoms with van der Waals surface area (Å²) in [6.45, 7) is 2.71. The van der Waals surface area contributed by atoms with E-state index in [0.29, 0.717) is 16.8 Å². The summed E-state index contributed by atoms with van der Waals surface area (Å²) in [7, 11) is 0. The first-order chi connectivity index (χ1) is 10.0. The van der Waals surface area contributed by atoms with Gasteiger partial charge in [0, 0.05) is 0 Å². The minimum absolute atomic E-state index is 0.311. The average Bonchev–Trinajstić information content (AvgIpc) is 2.93. The number of benzene rings is 1. The van der Waals surface area contributed by atoms with Gasteiger partial charge < -0.3 is 9.73 Å². The lowest BCUT2D eigenvalue weighted by atomic mass is 10.0. The van der Waals surface area contributed by atoms with Crippen LogP contribution in [0, 0.1) is 15.9 Å². The van der Waals surface area contributed by atoms with E-state index in [1.807, 2.05) is 6.92 Å². The van der Waals surface area contributed by atoms with Gasteiger partial charge in [-0.15, -0.1) is 0 Å². The molecule has 5 nitrogen and oxygen atoms in total. The lowest BCUT2D eigenvalue weighted by Gasteiger charge is -2.17. The van der Waals surface area contributed by atoms with Crippen LogP contribution in [0.15, 0.2) is 39.2 Å². The number of hydrogen-bond acceptors (Lipinski definition) is 4. The molecule has 0 spiro atoms. The molecule has 112 valence electrons. The molecule has 0 fully saturated rings. The predicted octanol–water partition coefficient (Wildman–Crippen LogP) is 4.18. The maximum atomic E-state index is 13.3. The second-order valence-corrected chi connectivity index (χ2v) is 5.35. The van der Waals surface area contributed by atoms with Crippen molar-refractivity contribution in [3.63, 3.8) is 0 Å². The molecule has 0 amide bonds. The lowest BCUT2D eigenvalue weighted by molar-refractivity contribution is -0.402. The number of hydrogen-bond donors (Lipinski definition) is 1. The molecule has 1 aromatic heterocycles. The molecule has 1 unspecified atom stereocenters. The van der Waals surface area contributed by atoms with Gasteiger partial charge in [-0.2, -0.15) is 0 Å². The normalized spacial score (nSPS) is 12.3. The van der Waals surface area contributed by atoms with E-state index in [9.17, 15) is 14.5 Å². The van der Waals surface area contributed by atoms with Crippen LogP contribution >= 0.6 is 15.9 Å². The fourth-order valence-electron chi connectivity index (χ4n) is 1.96. The molecular formula is C14H14BrFN2O3. The van der Waals surface area contributed by atoms with Crippen molar-refractivity contribution in [2.24, 2.45) is 0 Å². The molecule has 21 heavy (non-hydrogen) atoms. The summed E-state index contributed by atoms with van der Waals surface area (Å²) in [4.78, 5) is 10.1. The van der Waals surface area contributed by atoms with Gasteiger partial charge in [-0.1, -0.05) is 13.0 Å². The third kappa shape index (κ3) is 3.68. The Morgan fingerprint density at radius 1 is 1.43 bits per heavy atom. The van der Waals surface area contributed by atoms with Crippen LogP contribution in [0.1, 0.15) is 30.7 Å². The Balaban J connectivity index is 2.36. The first-order valence-electron chi connectivity index (χ1n) is 6.45. The molecule has 0 bridgehead atoms. The van der Waals surface area contributed by atoms with Gasteiger partial charge in [0.1, 0.15) is 16.5 Å². The Morgan fingerprint density at radius 2 is 2.19 bits per heavy atom. The summed E-state index contributed by atoms with van der Waals surface area (Å²) < 4.78 is 18.9. The van der Waals surface area contributed by atoms with Gasteiger partial charge >= 0.3 is 5.88 Å². The highest BCUT2D eigenvalue weighted by atomic mass is 79.9. The Bertz CT molecular complexity index is 645. The summed E-state index contributed by atoms with van der Waals surface area (Å²) in [6, 6.07) is 7.11. The number of furan rings is 1. The van der Waals surface area contributed by atoms with Crippen LogP contribution in [0.25, 0.3) is 0 Å². The van der Waals surface area contributed by atoms with E-state index in [0.717, 1.165) is 12.0 Å². The number of nitrogens with zero attached hydrogens (tertiary/aromatic N) is 1. The lowest BCUT2D eigenvalue weighted by Crippen LogP contribution is -2.22. The summed E-state index contributed by atoms with van der Waals surface area (Å²) in [5.41, 5.74) is 0.765. The predicted molar refractivity (Wildman–Crippen MR) is 79.6 cm³/mol. The molecular weight excluding hydrogens is 343 g/mol. The van der Waals surface area contributed by atoms with Gasteiger partial charge in [-0.3, -0.25) is 10.1 Å². The molecule has 0 aliphatic carbocycles. The Hall–Kier alpha value is -1.73. The zero-order valence-electron chi connectivity index (χ0n) is 11.3. The Labute approximate surface area is 129 Å². The highest BCUT2D eigenvalue weighted by Crippen LogP contribution is 2.29. The van der Waals surface area contributed by atoms with Crippen molar-refractivity contribution < 1.29 is 13.7 Å². The first-order valence-corrected chi connectivity index (χ1v) is 7.24. The second-order valence-electron chi connectivity index (χ2n) is 4.49. The third-order valence-corrected chi connectivity index (χ3v) is 3.56. The van der Waals surface area contributed by atoms with E-state index in [4.69, 9.17) is 4.42 Å². The van der Waals surface area contributed by atoms with Crippen LogP contribution in [0.5, 0.6) is 0 Å². The van der Waals surface area contributed by atoms with Crippen LogP contribution in [-0.4, -0.2) is 11.5 Å². The minimum Gasteiger partial charge on any atom is -0.404 e. The standard InChI is InChI=1S/C14H14BrFN2O3/c1-2-7-17-14(9-3-4-11(16)10(15)8-9)12-5-6-13(21-12)18(19)20/h3-6,8,14,17H,2,7H2,1H3. The molecule has 0 aliphatic rings. The second kappa shape index (κ2) is 6.82. The summed E-state index contributed by atoms with van der Waals surface area (Å²) >= 11 is 3.14. The van der Waals surface area contributed by atoms with Gasteiger partial charge in [-0.25, -0.2) is 4.39 Å². The number of rotatable bonds is 6. The van der Waals surface area contributed by atoms with Crippen LogP contribution in [0.4, 0.5) is 10.3 Å². The highest BCUT2D eigenvalue weighted by molar-refractivity contribution is 9.10. The average molecular weight is 357 g/mol. The van der Waals surface area contributed by atoms with E-state index in [2.05, 4.69) is 21.2 Å². The summed E-state index contributed by atoms with van der Waals surface area (Å²) in [6.07, 6.45) is 0.891. The number of nitro groups is 1. The van der Waals surface area contributed by atoms with E-state index < -0.39 is 4.92 Å². The largest absolute Gasteiger partial charge is 0.433 e. The monoisotopic (exact) mass is 356 g/mol. The minimum atomic E-state index is -0.582. The van der Waals surface area contributed by atoms with Crippen LogP contribution < -0.4 is 5.32 Å². The van der Waals surface area contributed by atoms with Crippen LogP contribution in [0.2, 0.25) is 0 Å². The summed E-state index contributed by atoms with van der Waals surface area (Å²) in [5.74, 6) is -0.249. The first kappa shape index (κ1) is 15.7. The maximum absolute atomic E-state index is 13.3. The molecule has 2 aromatic rings. The number of nitrogens with one attached hydrogen (secondary N) is 1. The highest BCUT2D eigenvalue weighted by Gasteiger charge is 2.21. The van der Waals surface area contributed by atoms with Gasteiger partial charge in [0.2, 0.25) is 0 Å². The topological polar surface area (TPSA) is 68.3 Å². The van der Waals surface area contributed by atoms with E-state index >= 15 is 0 Å². The Kier molecular flexibility index (Phi) is 5.08. The van der Waals surface area contributed by atoms with E-state index in [-0.39, 0.29) is 17.7 Å². The molecule has 7 heteroatoms. The molecule has 1 aromatic carbocycles. The molecule has 0 saturated carbocycles. The van der Waals surface area contributed by atoms with Crippen molar-refractivity contribution >= 4 is 21.8 Å². The fraction of sp³-hybridized carbons (Fsp3) is 0.286. The smallest absolute Gasteiger partial charge is 0.404 e. The number of halogens is 2. The zero-order valence-corrected chi connectivity index (χ0v) is 12.9. The Morgan fingerprint density at radius 3 is 2.76 bits per heavy atom. The van der Waals surface area contributed by atoms with Crippen LogP contribution in [-0.2, 0) is 0 Å². The molecule has 1 N–H and O–H groups in total. The van der Waals surface area contributed by atoms with Gasteiger partial charge in [-0.05, 0) is 52.7 Å². The molecule has 1 heterocycles. The SMILES string of the molecule is CCCNC(c1ccc(F)c(Br)c1)c1ccc([N+](=O)[O-])o1.